The number of nitrogens with two attached hydrogens (primary N) is 1. The van der Waals surface area contributed by atoms with Crippen LogP contribution in [0.25, 0.3) is 11.0 Å². The van der Waals surface area contributed by atoms with Crippen LogP contribution in [0.4, 0.5) is 4.39 Å². The number of rotatable bonds is 2. The minimum Gasteiger partial charge on any atom is -0.459 e. The molecule has 1 aromatic carbocycles. The highest BCUT2D eigenvalue weighted by Crippen LogP contribution is 2.25. The van der Waals surface area contributed by atoms with Crippen molar-refractivity contribution in [1.29, 1.82) is 0 Å². The van der Waals surface area contributed by atoms with Crippen molar-refractivity contribution in [3.63, 3.8) is 0 Å². The van der Waals surface area contributed by atoms with Gasteiger partial charge in [0.1, 0.15) is 17.2 Å². The average molecular weight is 225 g/mol. The number of fused-ring (bicyclic) bond motifs is 1. The first-order chi connectivity index (χ1) is 7.11. The van der Waals surface area contributed by atoms with Gasteiger partial charge < -0.3 is 10.2 Å². The van der Waals surface area contributed by atoms with Gasteiger partial charge in [0.15, 0.2) is 0 Å². The second kappa shape index (κ2) is 3.67. The molecule has 0 saturated carbocycles. The third-order valence-corrected chi connectivity index (χ3v) is 2.30. The van der Waals surface area contributed by atoms with Gasteiger partial charge >= 0.3 is 0 Å². The Morgan fingerprint density at radius 2 is 2.20 bits per heavy atom. The predicted octanol–water partition coefficient (Wildman–Crippen LogP) is 2.10. The zero-order valence-electron chi connectivity index (χ0n) is 7.66. The summed E-state index contributed by atoms with van der Waals surface area (Å²) in [4.78, 5) is 11.1. The van der Waals surface area contributed by atoms with Crippen LogP contribution in [0.2, 0.25) is 0 Å². The Bertz CT molecular complexity index is 535. The van der Waals surface area contributed by atoms with Crippen molar-refractivity contribution < 1.29 is 13.6 Å². The first-order valence-corrected chi connectivity index (χ1v) is 4.72. The van der Waals surface area contributed by atoms with Gasteiger partial charge in [0, 0.05) is 5.39 Å². The number of carbonyl (C=O) groups is 1. The Balaban J connectivity index is 2.77. The van der Waals surface area contributed by atoms with Crippen LogP contribution in [0.3, 0.4) is 0 Å². The molecule has 0 atom stereocenters. The molecule has 0 bridgehead atoms. The summed E-state index contributed by atoms with van der Waals surface area (Å²) >= 11 is 3.65. The molecule has 2 N–H and O–H groups in total. The molecular formula is C10H8FNO2S. The van der Waals surface area contributed by atoms with Crippen LogP contribution in [-0.2, 0) is 6.54 Å². The van der Waals surface area contributed by atoms with Gasteiger partial charge in [-0.3, -0.25) is 4.79 Å². The lowest BCUT2D eigenvalue weighted by Gasteiger charge is -1.96. The number of benzene rings is 1. The maximum Gasteiger partial charge on any atom is 0.220 e. The predicted molar refractivity (Wildman–Crippen MR) is 57.4 cm³/mol. The van der Waals surface area contributed by atoms with Gasteiger partial charge in [-0.2, -0.15) is 0 Å². The van der Waals surface area contributed by atoms with Crippen molar-refractivity contribution in [2.24, 2.45) is 5.73 Å². The summed E-state index contributed by atoms with van der Waals surface area (Å²) in [7, 11) is 0. The number of furan rings is 1. The van der Waals surface area contributed by atoms with E-state index >= 15 is 0 Å². The Labute approximate surface area is 90.5 Å². The molecule has 15 heavy (non-hydrogen) atoms. The molecule has 5 heteroatoms. The SMILES string of the molecule is NCc1cc2cc(F)cc(C(=O)S)c2o1. The standard InChI is InChI=1S/C10H8FNO2S/c11-6-1-5-2-7(4-12)14-9(5)8(3-6)10(13)15/h1-3H,4,12H2,(H,13,15). The van der Waals surface area contributed by atoms with Crippen molar-refractivity contribution >= 4 is 28.7 Å². The smallest absolute Gasteiger partial charge is 0.220 e. The highest BCUT2D eigenvalue weighted by Gasteiger charge is 2.13. The normalized spacial score (nSPS) is 10.9. The lowest BCUT2D eigenvalue weighted by Crippen LogP contribution is -1.93. The molecule has 0 unspecified atom stereocenters. The van der Waals surface area contributed by atoms with E-state index in [2.05, 4.69) is 12.6 Å². The second-order valence-electron chi connectivity index (χ2n) is 3.09. The van der Waals surface area contributed by atoms with Crippen LogP contribution in [0.1, 0.15) is 16.1 Å². The van der Waals surface area contributed by atoms with E-state index in [1.807, 2.05) is 0 Å². The minimum absolute atomic E-state index is 0.119. The van der Waals surface area contributed by atoms with Crippen LogP contribution >= 0.6 is 12.6 Å². The largest absolute Gasteiger partial charge is 0.459 e. The molecule has 2 aromatic rings. The maximum atomic E-state index is 13.1. The van der Waals surface area contributed by atoms with Crippen LogP contribution < -0.4 is 5.73 Å². The fourth-order valence-electron chi connectivity index (χ4n) is 1.43. The number of thiol groups is 1. The number of hydrogen-bond acceptors (Lipinski definition) is 3. The molecule has 0 radical (unpaired) electrons. The van der Waals surface area contributed by atoms with E-state index in [0.29, 0.717) is 16.7 Å². The molecule has 2 rings (SSSR count). The van der Waals surface area contributed by atoms with Crippen molar-refractivity contribution in [1.82, 2.24) is 0 Å². The van der Waals surface area contributed by atoms with E-state index in [9.17, 15) is 9.18 Å². The van der Waals surface area contributed by atoms with Crippen molar-refractivity contribution in [3.05, 3.63) is 35.3 Å². The van der Waals surface area contributed by atoms with Gasteiger partial charge in [0.2, 0.25) is 5.12 Å². The second-order valence-corrected chi connectivity index (χ2v) is 3.50. The van der Waals surface area contributed by atoms with Gasteiger partial charge in [-0.25, -0.2) is 4.39 Å². The fraction of sp³-hybridized carbons (Fsp3) is 0.100. The maximum absolute atomic E-state index is 13.1. The summed E-state index contributed by atoms with van der Waals surface area (Å²) in [5, 5.41) is -0.00901. The molecule has 0 fully saturated rings. The minimum atomic E-state index is -0.530. The molecule has 3 nitrogen and oxygen atoms in total. The van der Waals surface area contributed by atoms with Crippen molar-refractivity contribution in [2.75, 3.05) is 0 Å². The summed E-state index contributed by atoms with van der Waals surface area (Å²) < 4.78 is 18.4. The number of hydrogen-bond donors (Lipinski definition) is 2. The quantitative estimate of drug-likeness (QED) is 0.769. The molecule has 0 amide bonds. The Morgan fingerprint density at radius 1 is 1.47 bits per heavy atom. The molecule has 0 aliphatic rings. The van der Waals surface area contributed by atoms with Gasteiger partial charge in [-0.05, 0) is 18.2 Å². The highest BCUT2D eigenvalue weighted by atomic mass is 32.1. The molecule has 0 aliphatic heterocycles. The van der Waals surface area contributed by atoms with Gasteiger partial charge in [0.05, 0.1) is 12.1 Å². The van der Waals surface area contributed by atoms with Crippen LogP contribution in [0, 0.1) is 5.82 Å². The first kappa shape index (κ1) is 10.2. The van der Waals surface area contributed by atoms with E-state index in [-0.39, 0.29) is 12.1 Å². The summed E-state index contributed by atoms with van der Waals surface area (Å²) in [5.74, 6) is 0.00991. The van der Waals surface area contributed by atoms with Gasteiger partial charge in [0.25, 0.3) is 0 Å². The molecule has 1 aromatic heterocycles. The monoisotopic (exact) mass is 225 g/mol. The fourth-order valence-corrected chi connectivity index (χ4v) is 1.60. The summed E-state index contributed by atoms with van der Waals surface area (Å²) in [6.07, 6.45) is 0. The average Bonchev–Trinajstić information content (AvgIpc) is 2.58. The lowest BCUT2D eigenvalue weighted by atomic mass is 10.1. The summed E-state index contributed by atoms with van der Waals surface area (Å²) in [6, 6.07) is 4.00. The summed E-state index contributed by atoms with van der Waals surface area (Å²) in [6.45, 7) is 0.205. The van der Waals surface area contributed by atoms with Crippen LogP contribution in [0.15, 0.2) is 22.6 Å². The zero-order chi connectivity index (χ0) is 11.0. The molecule has 0 aliphatic carbocycles. The van der Waals surface area contributed by atoms with E-state index < -0.39 is 10.9 Å². The van der Waals surface area contributed by atoms with E-state index in [4.69, 9.17) is 10.2 Å². The Kier molecular flexibility index (Phi) is 2.50. The number of carbonyl (C=O) groups excluding carboxylic acids is 1. The molecule has 0 spiro atoms. The zero-order valence-corrected chi connectivity index (χ0v) is 8.55. The van der Waals surface area contributed by atoms with Crippen LogP contribution in [-0.4, -0.2) is 5.12 Å². The Hall–Kier alpha value is -1.33. The number of halogens is 1. The highest BCUT2D eigenvalue weighted by molar-refractivity contribution is 7.97. The van der Waals surface area contributed by atoms with E-state index in [1.54, 1.807) is 6.07 Å². The van der Waals surface area contributed by atoms with Crippen molar-refractivity contribution in [2.45, 2.75) is 6.54 Å². The molecule has 1 heterocycles. The molecule has 0 saturated heterocycles. The van der Waals surface area contributed by atoms with E-state index in [0.717, 1.165) is 6.07 Å². The third kappa shape index (κ3) is 1.75. The van der Waals surface area contributed by atoms with E-state index in [1.165, 1.54) is 6.07 Å². The van der Waals surface area contributed by atoms with Crippen LogP contribution in [0.5, 0.6) is 0 Å². The third-order valence-electron chi connectivity index (χ3n) is 2.06. The van der Waals surface area contributed by atoms with Gasteiger partial charge in [-0.15, -0.1) is 12.6 Å². The lowest BCUT2D eigenvalue weighted by molar-refractivity contribution is 0.109. The Morgan fingerprint density at radius 3 is 2.80 bits per heavy atom. The molecular weight excluding hydrogens is 217 g/mol. The van der Waals surface area contributed by atoms with Crippen molar-refractivity contribution in [3.8, 4) is 0 Å². The summed E-state index contributed by atoms with van der Waals surface area (Å²) in [5.41, 5.74) is 5.84. The topological polar surface area (TPSA) is 56.2 Å². The first-order valence-electron chi connectivity index (χ1n) is 4.27. The molecule has 78 valence electrons. The van der Waals surface area contributed by atoms with Gasteiger partial charge in [-0.1, -0.05) is 0 Å².